The predicted octanol–water partition coefficient (Wildman–Crippen LogP) is 1.90. The van der Waals surface area contributed by atoms with Crippen LogP contribution in [0.25, 0.3) is 5.70 Å². The zero-order valence-corrected chi connectivity index (χ0v) is 12.4. The van der Waals surface area contributed by atoms with Gasteiger partial charge in [-0.05, 0) is 17.5 Å². The predicted molar refractivity (Wildman–Crippen MR) is 82.7 cm³/mol. The van der Waals surface area contributed by atoms with Crippen molar-refractivity contribution in [2.75, 3.05) is 0 Å². The Kier molecular flexibility index (Phi) is 3.50. The number of alkyl halides is 1. The number of thiophene rings is 1. The van der Waals surface area contributed by atoms with Gasteiger partial charge in [-0.2, -0.15) is 5.10 Å². The fraction of sp³-hybridized carbons (Fsp3) is 0.231. The van der Waals surface area contributed by atoms with E-state index < -0.39 is 5.50 Å². The van der Waals surface area contributed by atoms with Gasteiger partial charge in [-0.15, -0.1) is 11.3 Å². The van der Waals surface area contributed by atoms with E-state index in [0.717, 1.165) is 23.4 Å². The van der Waals surface area contributed by atoms with Gasteiger partial charge in [0.1, 0.15) is 11.2 Å². The molecule has 2 aromatic rings. The van der Waals surface area contributed by atoms with Crippen LogP contribution in [-0.2, 0) is 13.5 Å². The van der Waals surface area contributed by atoms with Crippen LogP contribution in [0, 0.1) is 0 Å². The maximum atomic E-state index is 6.04. The fourth-order valence-corrected chi connectivity index (χ4v) is 3.11. The quantitative estimate of drug-likeness (QED) is 0.672. The van der Waals surface area contributed by atoms with Crippen molar-refractivity contribution in [1.29, 1.82) is 0 Å². The standard InChI is InChI=1S/C13H14ClN5S/c1-19-7-8(5-9-3-2-4-20-9)12(18-19)10-6-11(14)17-13(15)16-10/h2-4,6-7,11H,5H2,1H3,(H3,15,16,17). The molecule has 0 spiro atoms. The third-order valence-corrected chi connectivity index (χ3v) is 4.03. The van der Waals surface area contributed by atoms with E-state index in [0.29, 0.717) is 5.96 Å². The lowest BCUT2D eigenvalue weighted by molar-refractivity contribution is 0.760. The van der Waals surface area contributed by atoms with Crippen molar-refractivity contribution in [3.8, 4) is 0 Å². The second kappa shape index (κ2) is 5.30. The molecule has 0 bridgehead atoms. The van der Waals surface area contributed by atoms with E-state index in [1.807, 2.05) is 25.4 Å². The van der Waals surface area contributed by atoms with Gasteiger partial charge in [0, 0.05) is 30.1 Å². The van der Waals surface area contributed by atoms with Crippen LogP contribution < -0.4 is 11.1 Å². The Hall–Kier alpha value is -1.79. The van der Waals surface area contributed by atoms with Crippen LogP contribution in [0.3, 0.4) is 0 Å². The smallest absolute Gasteiger partial charge is 0.194 e. The molecule has 7 heteroatoms. The molecule has 3 N–H and O–H groups in total. The molecule has 0 saturated carbocycles. The Bertz CT molecular complexity index is 671. The lowest BCUT2D eigenvalue weighted by Crippen LogP contribution is -2.34. The number of hydrogen-bond donors (Lipinski definition) is 2. The highest BCUT2D eigenvalue weighted by atomic mass is 35.5. The number of nitrogens with two attached hydrogens (primary N) is 1. The van der Waals surface area contributed by atoms with Gasteiger partial charge in [0.15, 0.2) is 5.96 Å². The number of aryl methyl sites for hydroxylation is 1. The van der Waals surface area contributed by atoms with E-state index in [4.69, 9.17) is 17.3 Å². The van der Waals surface area contributed by atoms with Gasteiger partial charge in [0.25, 0.3) is 0 Å². The maximum absolute atomic E-state index is 6.04. The summed E-state index contributed by atoms with van der Waals surface area (Å²) in [6, 6.07) is 4.16. The van der Waals surface area contributed by atoms with Gasteiger partial charge in [0.2, 0.25) is 0 Å². The summed E-state index contributed by atoms with van der Waals surface area (Å²) in [4.78, 5) is 5.30. The van der Waals surface area contributed by atoms with Crippen LogP contribution in [0.2, 0.25) is 0 Å². The summed E-state index contributed by atoms with van der Waals surface area (Å²) in [6.45, 7) is 0. The van der Waals surface area contributed by atoms with Crippen LogP contribution in [0.1, 0.15) is 16.1 Å². The van der Waals surface area contributed by atoms with Crippen LogP contribution in [0.4, 0.5) is 0 Å². The first-order valence-electron chi connectivity index (χ1n) is 6.13. The van der Waals surface area contributed by atoms with E-state index in [1.54, 1.807) is 16.0 Å². The molecule has 0 aliphatic carbocycles. The summed E-state index contributed by atoms with van der Waals surface area (Å²) < 4.78 is 1.80. The second-order valence-electron chi connectivity index (χ2n) is 4.53. The van der Waals surface area contributed by atoms with Crippen molar-refractivity contribution >= 4 is 34.6 Å². The van der Waals surface area contributed by atoms with Gasteiger partial charge in [0.05, 0.1) is 5.70 Å². The first-order valence-corrected chi connectivity index (χ1v) is 7.45. The first-order chi connectivity index (χ1) is 9.61. The Morgan fingerprint density at radius 2 is 2.40 bits per heavy atom. The summed E-state index contributed by atoms with van der Waals surface area (Å²) in [5.41, 5.74) is 8.08. The van der Waals surface area contributed by atoms with E-state index in [2.05, 4.69) is 26.9 Å². The summed E-state index contributed by atoms with van der Waals surface area (Å²) in [5.74, 6) is 0.315. The van der Waals surface area contributed by atoms with Crippen molar-refractivity contribution in [3.05, 3.63) is 45.9 Å². The Balaban J connectivity index is 1.94. The van der Waals surface area contributed by atoms with Crippen molar-refractivity contribution < 1.29 is 0 Å². The molecule has 1 aliphatic rings. The van der Waals surface area contributed by atoms with Gasteiger partial charge >= 0.3 is 0 Å². The van der Waals surface area contributed by atoms with Gasteiger partial charge in [-0.25, -0.2) is 4.99 Å². The lowest BCUT2D eigenvalue weighted by atomic mass is 10.1. The molecule has 1 aliphatic heterocycles. The number of nitrogens with one attached hydrogen (secondary N) is 1. The van der Waals surface area contributed by atoms with Crippen LogP contribution in [-0.4, -0.2) is 21.2 Å². The number of guanidine groups is 1. The number of hydrogen-bond acceptors (Lipinski definition) is 5. The fourth-order valence-electron chi connectivity index (χ4n) is 2.15. The zero-order valence-electron chi connectivity index (χ0n) is 10.9. The molecule has 1 atom stereocenters. The molecule has 1 unspecified atom stereocenters. The normalized spacial score (nSPS) is 18.4. The molecule has 3 heterocycles. The topological polar surface area (TPSA) is 68.2 Å². The first kappa shape index (κ1) is 13.2. The maximum Gasteiger partial charge on any atom is 0.194 e. The van der Waals surface area contributed by atoms with Gasteiger partial charge in [-0.1, -0.05) is 17.7 Å². The Labute approximate surface area is 125 Å². The molecule has 104 valence electrons. The zero-order chi connectivity index (χ0) is 14.1. The van der Waals surface area contributed by atoms with E-state index in [-0.39, 0.29) is 0 Å². The Morgan fingerprint density at radius 3 is 3.10 bits per heavy atom. The minimum Gasteiger partial charge on any atom is -0.370 e. The number of aliphatic imine (C=N–C) groups is 1. The monoisotopic (exact) mass is 307 g/mol. The summed E-state index contributed by atoms with van der Waals surface area (Å²) in [6.07, 6.45) is 4.67. The highest BCUT2D eigenvalue weighted by Gasteiger charge is 2.18. The van der Waals surface area contributed by atoms with Crippen LogP contribution >= 0.6 is 22.9 Å². The van der Waals surface area contributed by atoms with Crippen molar-refractivity contribution in [3.63, 3.8) is 0 Å². The average molecular weight is 308 g/mol. The molecule has 2 aromatic heterocycles. The van der Waals surface area contributed by atoms with Crippen molar-refractivity contribution in [2.24, 2.45) is 17.8 Å². The van der Waals surface area contributed by atoms with E-state index >= 15 is 0 Å². The third-order valence-electron chi connectivity index (χ3n) is 2.93. The largest absolute Gasteiger partial charge is 0.370 e. The average Bonchev–Trinajstić information content (AvgIpc) is 2.98. The molecule has 0 aromatic carbocycles. The summed E-state index contributed by atoms with van der Waals surface area (Å²) in [7, 11) is 1.90. The number of aromatic nitrogens is 2. The number of nitrogens with zero attached hydrogens (tertiary/aromatic N) is 3. The molecule has 20 heavy (non-hydrogen) atoms. The van der Waals surface area contributed by atoms with Crippen molar-refractivity contribution in [2.45, 2.75) is 11.9 Å². The van der Waals surface area contributed by atoms with Crippen LogP contribution in [0.5, 0.6) is 0 Å². The SMILES string of the molecule is Cn1cc(Cc2cccs2)c(C2=CC(Cl)N=C(N)N2)n1. The minimum atomic E-state index is -0.456. The molecule has 0 saturated heterocycles. The molecule has 3 rings (SSSR count). The Morgan fingerprint density at radius 1 is 1.55 bits per heavy atom. The second-order valence-corrected chi connectivity index (χ2v) is 6.00. The van der Waals surface area contributed by atoms with Crippen LogP contribution in [0.15, 0.2) is 34.8 Å². The minimum absolute atomic E-state index is 0.315. The molecule has 0 amide bonds. The molecule has 0 radical (unpaired) electrons. The molecule has 0 fully saturated rings. The summed E-state index contributed by atoms with van der Waals surface area (Å²) in [5, 5.41) is 9.61. The van der Waals surface area contributed by atoms with E-state index in [1.165, 1.54) is 4.88 Å². The van der Waals surface area contributed by atoms with Gasteiger partial charge < -0.3 is 11.1 Å². The van der Waals surface area contributed by atoms with Crippen molar-refractivity contribution in [1.82, 2.24) is 15.1 Å². The number of halogens is 1. The third kappa shape index (κ3) is 2.71. The molecular formula is C13H14ClN5S. The highest BCUT2D eigenvalue weighted by Crippen LogP contribution is 2.23. The number of rotatable bonds is 3. The molecular weight excluding hydrogens is 294 g/mol. The van der Waals surface area contributed by atoms with E-state index in [9.17, 15) is 0 Å². The highest BCUT2D eigenvalue weighted by molar-refractivity contribution is 7.09. The lowest BCUT2D eigenvalue weighted by Gasteiger charge is -2.16. The molecule has 5 nitrogen and oxygen atoms in total. The van der Waals surface area contributed by atoms with Gasteiger partial charge in [-0.3, -0.25) is 4.68 Å². The summed E-state index contributed by atoms with van der Waals surface area (Å²) >= 11 is 7.77.